The zero-order valence-electron chi connectivity index (χ0n) is 8.63. The average Bonchev–Trinajstić information content (AvgIpc) is 2.46. The van der Waals surface area contributed by atoms with Gasteiger partial charge in [0.2, 0.25) is 0 Å². The van der Waals surface area contributed by atoms with Crippen molar-refractivity contribution in [2.75, 3.05) is 0 Å². The van der Waals surface area contributed by atoms with Gasteiger partial charge in [0.25, 0.3) is 0 Å². The minimum absolute atomic E-state index is 0. The molecule has 0 spiro atoms. The second-order valence-corrected chi connectivity index (χ2v) is 4.30. The van der Waals surface area contributed by atoms with Gasteiger partial charge >= 0.3 is 58.4 Å². The first kappa shape index (κ1) is 14.8. The van der Waals surface area contributed by atoms with E-state index in [1.165, 1.54) is 10.8 Å². The number of fused-ring (bicyclic) bond motifs is 1. The predicted octanol–water partition coefficient (Wildman–Crippen LogP) is 0.794. The van der Waals surface area contributed by atoms with E-state index in [1.54, 1.807) is 18.2 Å². The first-order valence-electron chi connectivity index (χ1n) is 4.41. The number of hydrogen-bond acceptors (Lipinski definition) is 0. The van der Waals surface area contributed by atoms with Crippen molar-refractivity contribution < 1.29 is 64.3 Å². The van der Waals surface area contributed by atoms with Gasteiger partial charge in [-0.2, -0.15) is 0 Å². The van der Waals surface area contributed by atoms with E-state index in [-0.39, 0.29) is 51.4 Å². The quantitative estimate of drug-likeness (QED) is 0.722. The van der Waals surface area contributed by atoms with E-state index in [0.29, 0.717) is 5.52 Å². The van der Waals surface area contributed by atoms with E-state index < -0.39 is 13.4 Å². The van der Waals surface area contributed by atoms with Gasteiger partial charge in [0.15, 0.2) is 0 Å². The molecule has 2 aromatic rings. The summed E-state index contributed by atoms with van der Waals surface area (Å²) in [5.41, 5.74) is 0.601. The van der Waals surface area contributed by atoms with Crippen molar-refractivity contribution in [3.63, 3.8) is 0 Å². The van der Waals surface area contributed by atoms with E-state index in [1.807, 2.05) is 6.07 Å². The second kappa shape index (κ2) is 5.58. The van der Waals surface area contributed by atoms with Crippen LogP contribution in [0.4, 0.5) is 12.9 Å². The van der Waals surface area contributed by atoms with Crippen LogP contribution in [0.1, 0.15) is 0 Å². The monoisotopic (exact) mass is 315 g/mol. The molecule has 0 N–H and O–H groups in total. The molecule has 0 saturated heterocycles. The standard InChI is InChI=1S/C9H7BBrF3N.K/c11-8-2-1-7-3-4-15(9(7)5-8)6-10(12,13)14;/h1-5H,6H2;/q-1;+1. The van der Waals surface area contributed by atoms with Crippen molar-refractivity contribution in [1.29, 1.82) is 0 Å². The third-order valence-electron chi connectivity index (χ3n) is 2.14. The van der Waals surface area contributed by atoms with Crippen molar-refractivity contribution in [1.82, 2.24) is 4.57 Å². The van der Waals surface area contributed by atoms with Gasteiger partial charge < -0.3 is 17.5 Å². The van der Waals surface area contributed by atoms with Gasteiger partial charge in [-0.3, -0.25) is 0 Å². The Labute approximate surface area is 142 Å². The van der Waals surface area contributed by atoms with Crippen LogP contribution >= 0.6 is 15.9 Å². The van der Waals surface area contributed by atoms with Crippen molar-refractivity contribution in [2.45, 2.75) is 6.44 Å². The van der Waals surface area contributed by atoms with Gasteiger partial charge in [0, 0.05) is 16.2 Å². The Bertz CT molecular complexity index is 497. The summed E-state index contributed by atoms with van der Waals surface area (Å²) < 4.78 is 38.8. The molecule has 0 fully saturated rings. The third-order valence-corrected chi connectivity index (χ3v) is 2.63. The Balaban J connectivity index is 0.00000128. The fraction of sp³-hybridized carbons (Fsp3) is 0.111. The summed E-state index contributed by atoms with van der Waals surface area (Å²) in [6.07, 6.45) is 0.576. The van der Waals surface area contributed by atoms with E-state index in [2.05, 4.69) is 15.9 Å². The minimum Gasteiger partial charge on any atom is -0.448 e. The van der Waals surface area contributed by atoms with Crippen molar-refractivity contribution in [2.24, 2.45) is 0 Å². The fourth-order valence-electron chi connectivity index (χ4n) is 1.54. The molecule has 7 heteroatoms. The van der Waals surface area contributed by atoms with Gasteiger partial charge in [-0.15, -0.1) is 0 Å². The van der Waals surface area contributed by atoms with Crippen molar-refractivity contribution >= 4 is 33.8 Å². The molecule has 16 heavy (non-hydrogen) atoms. The Hall–Kier alpha value is 0.731. The molecule has 1 heterocycles. The fourth-order valence-corrected chi connectivity index (χ4v) is 1.89. The summed E-state index contributed by atoms with van der Waals surface area (Å²) in [4.78, 5) is 0. The molecule has 1 aromatic heterocycles. The third kappa shape index (κ3) is 3.61. The molecule has 2 rings (SSSR count). The van der Waals surface area contributed by atoms with Crippen molar-refractivity contribution in [3.05, 3.63) is 34.9 Å². The summed E-state index contributed by atoms with van der Waals surface area (Å²) in [6, 6.07) is 6.98. The van der Waals surface area contributed by atoms with Crippen LogP contribution < -0.4 is 51.4 Å². The number of benzene rings is 1. The maximum absolute atomic E-state index is 12.3. The molecule has 0 bridgehead atoms. The molecular weight excluding hydrogens is 309 g/mol. The molecule has 1 aromatic carbocycles. The molecule has 0 unspecified atom stereocenters. The second-order valence-electron chi connectivity index (χ2n) is 3.38. The van der Waals surface area contributed by atoms with Gasteiger partial charge in [-0.25, -0.2) is 0 Å². The zero-order valence-corrected chi connectivity index (χ0v) is 13.3. The van der Waals surface area contributed by atoms with Crippen molar-refractivity contribution in [3.8, 4) is 0 Å². The number of hydrogen-bond donors (Lipinski definition) is 0. The Morgan fingerprint density at radius 2 is 1.88 bits per heavy atom. The Morgan fingerprint density at radius 3 is 2.50 bits per heavy atom. The summed E-state index contributed by atoms with van der Waals surface area (Å²) in [5, 5.41) is 0.818. The molecule has 0 amide bonds. The topological polar surface area (TPSA) is 4.93 Å². The van der Waals surface area contributed by atoms with Gasteiger partial charge in [-0.05, 0) is 30.0 Å². The largest absolute Gasteiger partial charge is 1.00 e. The smallest absolute Gasteiger partial charge is 0.448 e. The maximum atomic E-state index is 12.3. The van der Waals surface area contributed by atoms with E-state index in [4.69, 9.17) is 0 Å². The molecular formula is C9H7BBrF3KN. The van der Waals surface area contributed by atoms with Gasteiger partial charge in [-0.1, -0.05) is 22.0 Å². The molecule has 0 aliphatic rings. The summed E-state index contributed by atoms with van der Waals surface area (Å²) in [6.45, 7) is -4.80. The SMILES string of the molecule is F[B-](F)(F)Cn1ccc2ccc(Br)cc21.[K+]. The number of halogens is 4. The number of rotatable bonds is 2. The molecule has 0 radical (unpaired) electrons. The predicted molar refractivity (Wildman–Crippen MR) is 58.7 cm³/mol. The van der Waals surface area contributed by atoms with E-state index in [9.17, 15) is 12.9 Å². The molecule has 1 nitrogen and oxygen atoms in total. The molecule has 80 valence electrons. The molecule has 0 atom stereocenters. The first-order valence-corrected chi connectivity index (χ1v) is 5.20. The van der Waals surface area contributed by atoms with E-state index >= 15 is 0 Å². The summed E-state index contributed by atoms with van der Waals surface area (Å²) >= 11 is 3.24. The van der Waals surface area contributed by atoms with E-state index in [0.717, 1.165) is 9.86 Å². The van der Waals surface area contributed by atoms with Crippen LogP contribution in [-0.4, -0.2) is 11.5 Å². The van der Waals surface area contributed by atoms with Crippen LogP contribution in [0.5, 0.6) is 0 Å². The summed E-state index contributed by atoms with van der Waals surface area (Å²) in [5.74, 6) is 0. The Kier molecular flexibility index (Phi) is 5.16. The maximum Gasteiger partial charge on any atom is 1.00 e. The number of aromatic nitrogens is 1. The molecule has 0 saturated carbocycles. The normalized spacial score (nSPS) is 11.5. The van der Waals surface area contributed by atoms with Crippen LogP contribution in [0.3, 0.4) is 0 Å². The molecule has 0 aliphatic heterocycles. The van der Waals surface area contributed by atoms with Gasteiger partial charge in [0.1, 0.15) is 0 Å². The number of nitrogens with zero attached hydrogens (tertiary/aromatic N) is 1. The Morgan fingerprint density at radius 1 is 1.19 bits per heavy atom. The van der Waals surface area contributed by atoms with Crippen LogP contribution in [0.15, 0.2) is 34.9 Å². The zero-order chi connectivity index (χ0) is 11.1. The van der Waals surface area contributed by atoms with Gasteiger partial charge in [0.05, 0.1) is 0 Å². The van der Waals surface area contributed by atoms with Crippen LogP contribution in [-0.2, 0) is 6.44 Å². The summed E-state index contributed by atoms with van der Waals surface area (Å²) in [7, 11) is 0. The van der Waals surface area contributed by atoms with Crippen LogP contribution in [0.2, 0.25) is 0 Å². The van der Waals surface area contributed by atoms with Crippen LogP contribution in [0.25, 0.3) is 10.9 Å². The minimum atomic E-state index is -4.80. The van der Waals surface area contributed by atoms with Crippen LogP contribution in [0, 0.1) is 0 Å². The average molecular weight is 316 g/mol. The first-order chi connectivity index (χ1) is 6.96. The molecule has 0 aliphatic carbocycles.